The van der Waals surface area contributed by atoms with E-state index in [1.807, 2.05) is 0 Å². The maximum absolute atomic E-state index is 5.82. The minimum absolute atomic E-state index is 0.136. The van der Waals surface area contributed by atoms with Crippen LogP contribution in [0.3, 0.4) is 0 Å². The molecule has 1 aromatic rings. The Kier molecular flexibility index (Phi) is 3.98. The van der Waals surface area contributed by atoms with Crippen LogP contribution in [0.2, 0.25) is 0 Å². The van der Waals surface area contributed by atoms with Gasteiger partial charge in [-0.25, -0.2) is 4.98 Å². The first-order chi connectivity index (χ1) is 8.35. The van der Waals surface area contributed by atoms with Crippen LogP contribution in [-0.2, 0) is 4.74 Å². The summed E-state index contributed by atoms with van der Waals surface area (Å²) in [6.07, 6.45) is 3.35. The van der Waals surface area contributed by atoms with E-state index >= 15 is 0 Å². The molecule has 0 atom stereocenters. The van der Waals surface area contributed by atoms with Crippen molar-refractivity contribution < 1.29 is 14.2 Å². The second kappa shape index (κ2) is 5.67. The zero-order chi connectivity index (χ0) is 12.1. The summed E-state index contributed by atoms with van der Waals surface area (Å²) in [5.74, 6) is 1.66. The highest BCUT2D eigenvalue weighted by Crippen LogP contribution is 2.32. The van der Waals surface area contributed by atoms with Gasteiger partial charge in [0.2, 0.25) is 5.75 Å². The summed E-state index contributed by atoms with van der Waals surface area (Å²) < 4.78 is 16.4. The molecule has 1 saturated heterocycles. The monoisotopic (exact) mass is 239 g/mol. The number of rotatable bonds is 4. The smallest absolute Gasteiger partial charge is 0.262 e. The van der Waals surface area contributed by atoms with E-state index in [0.717, 1.165) is 26.1 Å². The molecule has 17 heavy (non-hydrogen) atoms. The van der Waals surface area contributed by atoms with Crippen molar-refractivity contribution in [1.82, 2.24) is 9.97 Å². The molecule has 0 bridgehead atoms. The molecule has 1 aliphatic rings. The Balaban J connectivity index is 2.13. The summed E-state index contributed by atoms with van der Waals surface area (Å²) in [6.45, 7) is 1.47. The van der Waals surface area contributed by atoms with E-state index in [-0.39, 0.29) is 6.10 Å². The number of methoxy groups -OCH3 is 1. The molecule has 0 spiro atoms. The SMILES string of the molecule is CNc1ncnc(OC2CCOCC2)c1OC. The molecular weight excluding hydrogens is 222 g/mol. The zero-order valence-corrected chi connectivity index (χ0v) is 10.1. The first-order valence-corrected chi connectivity index (χ1v) is 5.66. The predicted molar refractivity (Wildman–Crippen MR) is 62.6 cm³/mol. The van der Waals surface area contributed by atoms with Crippen molar-refractivity contribution in [2.45, 2.75) is 18.9 Å². The fourth-order valence-electron chi connectivity index (χ4n) is 1.76. The first-order valence-electron chi connectivity index (χ1n) is 5.66. The zero-order valence-electron chi connectivity index (χ0n) is 10.1. The molecule has 1 N–H and O–H groups in total. The molecule has 0 saturated carbocycles. The van der Waals surface area contributed by atoms with Gasteiger partial charge in [-0.05, 0) is 0 Å². The quantitative estimate of drug-likeness (QED) is 0.848. The van der Waals surface area contributed by atoms with E-state index in [1.165, 1.54) is 6.33 Å². The molecule has 6 nitrogen and oxygen atoms in total. The fourth-order valence-corrected chi connectivity index (χ4v) is 1.76. The van der Waals surface area contributed by atoms with Gasteiger partial charge >= 0.3 is 0 Å². The molecule has 1 aliphatic heterocycles. The lowest BCUT2D eigenvalue weighted by Crippen LogP contribution is -2.26. The van der Waals surface area contributed by atoms with Crippen molar-refractivity contribution in [3.8, 4) is 11.6 Å². The van der Waals surface area contributed by atoms with Crippen molar-refractivity contribution in [3.63, 3.8) is 0 Å². The molecule has 2 rings (SSSR count). The molecule has 0 aromatic carbocycles. The number of hydrogen-bond acceptors (Lipinski definition) is 6. The average Bonchev–Trinajstić information content (AvgIpc) is 2.39. The normalized spacial score (nSPS) is 16.6. The number of hydrogen-bond donors (Lipinski definition) is 1. The van der Waals surface area contributed by atoms with Crippen molar-refractivity contribution in [3.05, 3.63) is 6.33 Å². The first kappa shape index (κ1) is 11.9. The van der Waals surface area contributed by atoms with Crippen LogP contribution >= 0.6 is 0 Å². The summed E-state index contributed by atoms with van der Waals surface area (Å²) in [7, 11) is 3.36. The number of nitrogens with one attached hydrogen (secondary N) is 1. The summed E-state index contributed by atoms with van der Waals surface area (Å²) in [4.78, 5) is 8.18. The minimum Gasteiger partial charge on any atom is -0.489 e. The highest BCUT2D eigenvalue weighted by Gasteiger charge is 2.20. The van der Waals surface area contributed by atoms with Gasteiger partial charge in [0, 0.05) is 19.9 Å². The van der Waals surface area contributed by atoms with Crippen LogP contribution < -0.4 is 14.8 Å². The Morgan fingerprint density at radius 1 is 1.35 bits per heavy atom. The Morgan fingerprint density at radius 3 is 2.76 bits per heavy atom. The maximum Gasteiger partial charge on any atom is 0.262 e. The van der Waals surface area contributed by atoms with Gasteiger partial charge in [-0.15, -0.1) is 0 Å². The van der Waals surface area contributed by atoms with Crippen LogP contribution in [0.4, 0.5) is 5.82 Å². The predicted octanol–water partition coefficient (Wildman–Crippen LogP) is 1.08. The summed E-state index contributed by atoms with van der Waals surface area (Å²) in [5.41, 5.74) is 0. The van der Waals surface area contributed by atoms with Gasteiger partial charge in [0.15, 0.2) is 5.82 Å². The van der Waals surface area contributed by atoms with Gasteiger partial charge in [0.05, 0.1) is 20.3 Å². The van der Waals surface area contributed by atoms with E-state index in [9.17, 15) is 0 Å². The largest absolute Gasteiger partial charge is 0.489 e. The van der Waals surface area contributed by atoms with Crippen LogP contribution in [0.15, 0.2) is 6.33 Å². The average molecular weight is 239 g/mol. The Labute approximate surface area is 100 Å². The van der Waals surface area contributed by atoms with Gasteiger partial charge in [0.25, 0.3) is 5.88 Å². The highest BCUT2D eigenvalue weighted by molar-refractivity contribution is 5.54. The molecule has 0 amide bonds. The van der Waals surface area contributed by atoms with Crippen LogP contribution in [0.5, 0.6) is 11.6 Å². The van der Waals surface area contributed by atoms with E-state index in [2.05, 4.69) is 15.3 Å². The van der Waals surface area contributed by atoms with E-state index in [0.29, 0.717) is 17.4 Å². The second-order valence-corrected chi connectivity index (χ2v) is 3.74. The third-order valence-corrected chi connectivity index (χ3v) is 2.66. The standard InChI is InChI=1S/C11H17N3O3/c1-12-10-9(15-2)11(14-7-13-10)17-8-3-5-16-6-4-8/h7-8H,3-6H2,1-2H3,(H,12,13,14). The molecule has 1 fully saturated rings. The third kappa shape index (κ3) is 2.76. The molecular formula is C11H17N3O3. The van der Waals surface area contributed by atoms with E-state index in [1.54, 1.807) is 14.2 Å². The number of anilines is 1. The molecule has 6 heteroatoms. The fraction of sp³-hybridized carbons (Fsp3) is 0.636. The summed E-state index contributed by atoms with van der Waals surface area (Å²) in [6, 6.07) is 0. The lowest BCUT2D eigenvalue weighted by molar-refractivity contribution is 0.0226. The van der Waals surface area contributed by atoms with Gasteiger partial charge in [0.1, 0.15) is 12.4 Å². The number of ether oxygens (including phenoxy) is 3. The Bertz CT molecular complexity index is 367. The Hall–Kier alpha value is -1.56. The molecule has 2 heterocycles. The van der Waals surface area contributed by atoms with Gasteiger partial charge in [-0.3, -0.25) is 0 Å². The van der Waals surface area contributed by atoms with Crippen molar-refractivity contribution in [2.75, 3.05) is 32.7 Å². The highest BCUT2D eigenvalue weighted by atomic mass is 16.5. The lowest BCUT2D eigenvalue weighted by Gasteiger charge is -2.23. The molecule has 1 aromatic heterocycles. The van der Waals surface area contributed by atoms with Crippen LogP contribution in [0, 0.1) is 0 Å². The summed E-state index contributed by atoms with van der Waals surface area (Å²) in [5, 5.41) is 2.94. The van der Waals surface area contributed by atoms with Crippen molar-refractivity contribution in [1.29, 1.82) is 0 Å². The third-order valence-electron chi connectivity index (χ3n) is 2.66. The van der Waals surface area contributed by atoms with Gasteiger partial charge in [-0.1, -0.05) is 0 Å². The number of nitrogens with zero attached hydrogens (tertiary/aromatic N) is 2. The molecule has 0 aliphatic carbocycles. The minimum atomic E-state index is 0.136. The molecule has 94 valence electrons. The van der Waals surface area contributed by atoms with Crippen LogP contribution in [-0.4, -0.2) is 43.4 Å². The second-order valence-electron chi connectivity index (χ2n) is 3.74. The van der Waals surface area contributed by atoms with E-state index in [4.69, 9.17) is 14.2 Å². The van der Waals surface area contributed by atoms with E-state index < -0.39 is 0 Å². The van der Waals surface area contributed by atoms with Gasteiger partial charge < -0.3 is 19.5 Å². The van der Waals surface area contributed by atoms with Crippen molar-refractivity contribution in [2.24, 2.45) is 0 Å². The van der Waals surface area contributed by atoms with Gasteiger partial charge in [-0.2, -0.15) is 4.98 Å². The maximum atomic E-state index is 5.82. The lowest BCUT2D eigenvalue weighted by atomic mass is 10.1. The topological polar surface area (TPSA) is 65.5 Å². The molecule has 0 radical (unpaired) electrons. The van der Waals surface area contributed by atoms with Crippen LogP contribution in [0.1, 0.15) is 12.8 Å². The Morgan fingerprint density at radius 2 is 2.12 bits per heavy atom. The van der Waals surface area contributed by atoms with Crippen LogP contribution in [0.25, 0.3) is 0 Å². The number of aromatic nitrogens is 2. The molecule has 0 unspecified atom stereocenters. The summed E-state index contributed by atoms with van der Waals surface area (Å²) >= 11 is 0. The van der Waals surface area contributed by atoms with Crippen molar-refractivity contribution >= 4 is 5.82 Å².